The molecule has 1 saturated heterocycles. The molecule has 0 atom stereocenters. The molecule has 1 aromatic heterocycles. The van der Waals surface area contributed by atoms with Crippen LogP contribution in [0.2, 0.25) is 0 Å². The second-order valence-corrected chi connectivity index (χ2v) is 6.22. The highest BCUT2D eigenvalue weighted by Crippen LogP contribution is 2.29. The van der Waals surface area contributed by atoms with Gasteiger partial charge in [-0.25, -0.2) is 4.98 Å². The van der Waals surface area contributed by atoms with Gasteiger partial charge in [0.15, 0.2) is 0 Å². The Labute approximate surface area is 162 Å². The van der Waals surface area contributed by atoms with Gasteiger partial charge in [0, 0.05) is 26.4 Å². The number of amides is 1. The second-order valence-electron chi connectivity index (χ2n) is 6.22. The van der Waals surface area contributed by atoms with Gasteiger partial charge in [-0.3, -0.25) is 4.79 Å². The number of ether oxygens (including phenoxy) is 1. The number of hydrogen-bond acceptors (Lipinski definition) is 5. The van der Waals surface area contributed by atoms with Crippen molar-refractivity contribution in [3.63, 3.8) is 0 Å². The fraction of sp³-hybridized carbons (Fsp3) is 0.647. The summed E-state index contributed by atoms with van der Waals surface area (Å²) < 4.78 is 5.29. The fourth-order valence-electron chi connectivity index (χ4n) is 2.89. The van der Waals surface area contributed by atoms with Gasteiger partial charge >= 0.3 is 0 Å². The summed E-state index contributed by atoms with van der Waals surface area (Å²) in [5.41, 5.74) is 0.777. The first kappa shape index (κ1) is 23.9. The molecule has 0 aliphatic carbocycles. The largest absolute Gasteiger partial charge is 0.384 e. The minimum atomic E-state index is -0.369. The van der Waals surface area contributed by atoms with E-state index in [9.17, 15) is 4.79 Å². The Bertz CT molecular complexity index is 488. The molecule has 0 unspecified atom stereocenters. The monoisotopic (exact) mass is 392 g/mol. The second kappa shape index (κ2) is 12.3. The minimum absolute atomic E-state index is 0. The van der Waals surface area contributed by atoms with Crippen molar-refractivity contribution in [2.24, 2.45) is 5.41 Å². The first-order chi connectivity index (χ1) is 11.2. The van der Waals surface area contributed by atoms with Crippen LogP contribution in [0.3, 0.4) is 0 Å². The van der Waals surface area contributed by atoms with Crippen molar-refractivity contribution in [1.29, 1.82) is 0 Å². The molecule has 2 rings (SSSR count). The van der Waals surface area contributed by atoms with E-state index in [2.05, 4.69) is 20.9 Å². The van der Waals surface area contributed by atoms with Crippen molar-refractivity contribution < 1.29 is 9.53 Å². The Hall–Kier alpha value is -1.08. The van der Waals surface area contributed by atoms with Crippen LogP contribution in [-0.4, -0.2) is 50.8 Å². The Morgan fingerprint density at radius 2 is 2.00 bits per heavy atom. The number of methoxy groups -OCH3 is 1. The molecule has 1 aliphatic rings. The standard InChI is InChI=1S/C17H28N4O2.2ClH/c1-14-4-5-15(21-12-14)19-8-3-9-20-16(22)17(13-23-2)6-10-18-11-7-17;;/h4-5,12,18H,3,6-11,13H2,1-2H3,(H,19,21)(H,20,22);2*1H. The Kier molecular flexibility index (Phi) is 11.8. The first-order valence-electron chi connectivity index (χ1n) is 8.31. The van der Waals surface area contributed by atoms with Crippen molar-refractivity contribution in [3.8, 4) is 0 Å². The number of halogens is 2. The van der Waals surface area contributed by atoms with Crippen molar-refractivity contribution in [3.05, 3.63) is 23.9 Å². The van der Waals surface area contributed by atoms with E-state index in [4.69, 9.17) is 4.74 Å². The smallest absolute Gasteiger partial charge is 0.228 e. The highest BCUT2D eigenvalue weighted by molar-refractivity contribution is 5.85. The third kappa shape index (κ3) is 7.36. The van der Waals surface area contributed by atoms with Crippen LogP contribution in [-0.2, 0) is 9.53 Å². The molecule has 6 nitrogen and oxygen atoms in total. The summed E-state index contributed by atoms with van der Waals surface area (Å²) in [7, 11) is 1.66. The zero-order valence-electron chi connectivity index (χ0n) is 15.0. The molecule has 0 aromatic carbocycles. The maximum Gasteiger partial charge on any atom is 0.228 e. The number of hydrogen-bond donors (Lipinski definition) is 3. The average molecular weight is 393 g/mol. The number of carbonyl (C=O) groups excluding carboxylic acids is 1. The van der Waals surface area contributed by atoms with E-state index in [0.717, 1.165) is 50.3 Å². The van der Waals surface area contributed by atoms with Crippen molar-refractivity contribution in [1.82, 2.24) is 15.6 Å². The summed E-state index contributed by atoms with van der Waals surface area (Å²) >= 11 is 0. The number of pyridine rings is 1. The molecule has 144 valence electrons. The number of carbonyl (C=O) groups is 1. The number of aryl methyl sites for hydroxylation is 1. The molecule has 1 aliphatic heterocycles. The molecule has 8 heteroatoms. The summed E-state index contributed by atoms with van der Waals surface area (Å²) in [4.78, 5) is 16.8. The van der Waals surface area contributed by atoms with Gasteiger partial charge < -0.3 is 20.7 Å². The Morgan fingerprint density at radius 1 is 1.28 bits per heavy atom. The fourth-order valence-corrected chi connectivity index (χ4v) is 2.89. The van der Waals surface area contributed by atoms with Crippen LogP contribution in [0.15, 0.2) is 18.3 Å². The summed E-state index contributed by atoms with van der Waals surface area (Å²) in [5.74, 6) is 0.991. The lowest BCUT2D eigenvalue weighted by Crippen LogP contribution is -2.50. The summed E-state index contributed by atoms with van der Waals surface area (Å²) in [6, 6.07) is 4.00. The predicted octanol–water partition coefficient (Wildman–Crippen LogP) is 2.17. The van der Waals surface area contributed by atoms with E-state index in [0.29, 0.717) is 13.2 Å². The zero-order chi connectivity index (χ0) is 16.5. The number of anilines is 1. The molecular formula is C17H30Cl2N4O2. The highest BCUT2D eigenvalue weighted by atomic mass is 35.5. The van der Waals surface area contributed by atoms with Gasteiger partial charge in [0.2, 0.25) is 5.91 Å². The molecule has 25 heavy (non-hydrogen) atoms. The molecule has 0 spiro atoms. The molecule has 0 radical (unpaired) electrons. The lowest BCUT2D eigenvalue weighted by Gasteiger charge is -2.35. The van der Waals surface area contributed by atoms with Gasteiger partial charge in [-0.05, 0) is 50.9 Å². The first-order valence-corrected chi connectivity index (χ1v) is 8.31. The average Bonchev–Trinajstić information content (AvgIpc) is 2.57. The Morgan fingerprint density at radius 3 is 2.60 bits per heavy atom. The molecule has 0 bridgehead atoms. The van der Waals surface area contributed by atoms with Gasteiger partial charge in [0.05, 0.1) is 12.0 Å². The van der Waals surface area contributed by atoms with Crippen LogP contribution in [0.25, 0.3) is 0 Å². The highest BCUT2D eigenvalue weighted by Gasteiger charge is 2.39. The molecule has 1 amide bonds. The number of piperidine rings is 1. The van der Waals surface area contributed by atoms with E-state index < -0.39 is 0 Å². The van der Waals surface area contributed by atoms with Gasteiger partial charge in [-0.2, -0.15) is 0 Å². The van der Waals surface area contributed by atoms with Crippen molar-refractivity contribution >= 4 is 36.5 Å². The molecule has 1 fully saturated rings. The van der Waals surface area contributed by atoms with Gasteiger partial charge in [-0.15, -0.1) is 24.8 Å². The zero-order valence-corrected chi connectivity index (χ0v) is 16.6. The molecule has 1 aromatic rings. The number of nitrogens with one attached hydrogen (secondary N) is 3. The number of rotatable bonds is 8. The lowest BCUT2D eigenvalue weighted by atomic mass is 9.78. The van der Waals surface area contributed by atoms with Gasteiger partial charge in [0.1, 0.15) is 5.82 Å². The van der Waals surface area contributed by atoms with Crippen LogP contribution >= 0.6 is 24.8 Å². The van der Waals surface area contributed by atoms with E-state index in [1.54, 1.807) is 7.11 Å². The number of aromatic nitrogens is 1. The van der Waals surface area contributed by atoms with Crippen LogP contribution in [0, 0.1) is 12.3 Å². The van der Waals surface area contributed by atoms with E-state index in [-0.39, 0.29) is 36.1 Å². The summed E-state index contributed by atoms with van der Waals surface area (Å²) in [6.07, 6.45) is 4.37. The minimum Gasteiger partial charge on any atom is -0.384 e. The molecule has 2 heterocycles. The SMILES string of the molecule is COCC1(C(=O)NCCCNc2ccc(C)cn2)CCNCC1.Cl.Cl. The predicted molar refractivity (Wildman–Crippen MR) is 106 cm³/mol. The van der Waals surface area contributed by atoms with E-state index >= 15 is 0 Å². The summed E-state index contributed by atoms with van der Waals surface area (Å²) in [6.45, 7) is 5.70. The quantitative estimate of drug-likeness (QED) is 0.591. The van der Waals surface area contributed by atoms with Crippen LogP contribution in [0.5, 0.6) is 0 Å². The summed E-state index contributed by atoms with van der Waals surface area (Å²) in [5, 5.41) is 9.63. The normalized spacial score (nSPS) is 15.4. The van der Waals surface area contributed by atoms with Crippen LogP contribution in [0.4, 0.5) is 5.82 Å². The third-order valence-electron chi connectivity index (χ3n) is 4.32. The lowest BCUT2D eigenvalue weighted by molar-refractivity contribution is -0.136. The van der Waals surface area contributed by atoms with Crippen LogP contribution < -0.4 is 16.0 Å². The van der Waals surface area contributed by atoms with Gasteiger partial charge in [0.25, 0.3) is 0 Å². The topological polar surface area (TPSA) is 75.3 Å². The molecular weight excluding hydrogens is 363 g/mol. The molecule has 3 N–H and O–H groups in total. The van der Waals surface area contributed by atoms with Gasteiger partial charge in [-0.1, -0.05) is 6.07 Å². The van der Waals surface area contributed by atoms with E-state index in [1.807, 2.05) is 25.3 Å². The maximum atomic E-state index is 12.5. The maximum absolute atomic E-state index is 12.5. The van der Waals surface area contributed by atoms with Crippen molar-refractivity contribution in [2.75, 3.05) is 45.2 Å². The Balaban J connectivity index is 0.00000288. The van der Waals surface area contributed by atoms with Crippen molar-refractivity contribution in [2.45, 2.75) is 26.2 Å². The van der Waals surface area contributed by atoms with Crippen LogP contribution in [0.1, 0.15) is 24.8 Å². The molecule has 0 saturated carbocycles. The van der Waals surface area contributed by atoms with E-state index in [1.165, 1.54) is 0 Å². The number of nitrogens with zero attached hydrogens (tertiary/aromatic N) is 1. The third-order valence-corrected chi connectivity index (χ3v) is 4.32.